The van der Waals surface area contributed by atoms with E-state index in [4.69, 9.17) is 11.5 Å². The number of rotatable bonds is 5. The molecule has 6 nitrogen and oxygen atoms in total. The van der Waals surface area contributed by atoms with Crippen LogP contribution < -0.4 is 4.72 Å². The Hall–Kier alpha value is -2.04. The summed E-state index contributed by atoms with van der Waals surface area (Å²) in [6.07, 6.45) is 5.60. The highest BCUT2D eigenvalue weighted by atomic mass is 32.2. The largest absolute Gasteiger partial charge is 0.507 e. The molecule has 0 heterocycles. The minimum atomic E-state index is -3.95. The van der Waals surface area contributed by atoms with Crippen LogP contribution in [0, 0.1) is 19.3 Å². The van der Waals surface area contributed by atoms with Crippen LogP contribution >= 0.6 is 0 Å². The Morgan fingerprint density at radius 1 is 1.50 bits per heavy atom. The molecule has 0 fully saturated rings. The zero-order valence-electron chi connectivity index (χ0n) is 11.0. The van der Waals surface area contributed by atoms with Crippen LogP contribution in [0.4, 0.5) is 0 Å². The first kappa shape index (κ1) is 16.0. The predicted molar refractivity (Wildman–Crippen MR) is 73.0 cm³/mol. The van der Waals surface area contributed by atoms with Gasteiger partial charge >= 0.3 is 5.97 Å². The number of phenols is 1. The zero-order valence-corrected chi connectivity index (χ0v) is 11.9. The molecule has 0 amide bonds. The van der Waals surface area contributed by atoms with E-state index in [1.165, 1.54) is 6.92 Å². The fourth-order valence-corrected chi connectivity index (χ4v) is 3.11. The molecule has 0 saturated carbocycles. The molecular weight excluding hydrogens is 282 g/mol. The van der Waals surface area contributed by atoms with Gasteiger partial charge in [0.1, 0.15) is 11.3 Å². The average Bonchev–Trinajstić information content (AvgIpc) is 2.35. The first-order chi connectivity index (χ1) is 9.22. The smallest absolute Gasteiger partial charge is 0.339 e. The summed E-state index contributed by atoms with van der Waals surface area (Å²) in [5.74, 6) is 0.388. The standard InChI is InChI=1S/C13H15NO5S/c1-4-9(5-2)14-20(18,19)12-7-10(13(16)17)11(15)6-8(12)3/h1,6-7,9,14-15H,5H2,2-3H3,(H,16,17). The van der Waals surface area contributed by atoms with Crippen molar-refractivity contribution in [2.45, 2.75) is 31.2 Å². The summed E-state index contributed by atoms with van der Waals surface area (Å²) in [4.78, 5) is 10.7. The fourth-order valence-electron chi connectivity index (χ4n) is 1.62. The van der Waals surface area contributed by atoms with E-state index >= 15 is 0 Å². The van der Waals surface area contributed by atoms with Gasteiger partial charge < -0.3 is 10.2 Å². The number of hydrogen-bond donors (Lipinski definition) is 3. The molecule has 1 aromatic rings. The van der Waals surface area contributed by atoms with Crippen LogP contribution in [0.3, 0.4) is 0 Å². The second-order valence-electron chi connectivity index (χ2n) is 4.19. The number of sulfonamides is 1. The van der Waals surface area contributed by atoms with Crippen molar-refractivity contribution >= 4 is 16.0 Å². The highest BCUT2D eigenvalue weighted by Crippen LogP contribution is 2.25. The average molecular weight is 297 g/mol. The molecule has 0 aliphatic carbocycles. The number of aromatic hydroxyl groups is 1. The molecule has 0 radical (unpaired) electrons. The Labute approximate surface area is 117 Å². The molecule has 1 rings (SSSR count). The van der Waals surface area contributed by atoms with Crippen molar-refractivity contribution in [3.63, 3.8) is 0 Å². The summed E-state index contributed by atoms with van der Waals surface area (Å²) in [5, 5.41) is 18.4. The van der Waals surface area contributed by atoms with Crippen molar-refractivity contribution in [3.05, 3.63) is 23.3 Å². The van der Waals surface area contributed by atoms with E-state index in [-0.39, 0.29) is 10.5 Å². The molecule has 0 saturated heterocycles. The summed E-state index contributed by atoms with van der Waals surface area (Å²) in [5.41, 5.74) is -0.253. The molecule has 1 unspecified atom stereocenters. The molecule has 0 spiro atoms. The van der Waals surface area contributed by atoms with Crippen molar-refractivity contribution in [1.29, 1.82) is 0 Å². The van der Waals surface area contributed by atoms with Gasteiger partial charge in [-0.1, -0.05) is 12.8 Å². The van der Waals surface area contributed by atoms with Crippen LogP contribution in [0.1, 0.15) is 29.3 Å². The van der Waals surface area contributed by atoms with Gasteiger partial charge in [-0.05, 0) is 31.0 Å². The number of aromatic carboxylic acids is 1. The summed E-state index contributed by atoms with van der Waals surface area (Å²) in [7, 11) is -3.95. The molecule has 0 bridgehead atoms. The maximum atomic E-state index is 12.2. The maximum absolute atomic E-state index is 12.2. The van der Waals surface area contributed by atoms with E-state index in [9.17, 15) is 18.3 Å². The van der Waals surface area contributed by atoms with Gasteiger partial charge in [-0.15, -0.1) is 6.42 Å². The van der Waals surface area contributed by atoms with E-state index in [1.54, 1.807) is 6.92 Å². The van der Waals surface area contributed by atoms with Crippen LogP contribution in [0.25, 0.3) is 0 Å². The monoisotopic (exact) mass is 297 g/mol. The van der Waals surface area contributed by atoms with Gasteiger partial charge in [0.2, 0.25) is 10.0 Å². The number of carboxylic acid groups (broad SMARTS) is 1. The SMILES string of the molecule is C#CC(CC)NS(=O)(=O)c1cc(C(=O)O)c(O)cc1C. The summed E-state index contributed by atoms with van der Waals surface area (Å²) in [6, 6.07) is 1.33. The number of carboxylic acids is 1. The van der Waals surface area contributed by atoms with Crippen LogP contribution in [0.15, 0.2) is 17.0 Å². The molecule has 0 aliphatic rings. The van der Waals surface area contributed by atoms with Crippen LogP contribution in [-0.4, -0.2) is 30.6 Å². The predicted octanol–water partition coefficient (Wildman–Crippen LogP) is 1.09. The highest BCUT2D eigenvalue weighted by Gasteiger charge is 2.23. The number of hydrogen-bond acceptors (Lipinski definition) is 4. The topological polar surface area (TPSA) is 104 Å². The molecular formula is C13H15NO5S. The highest BCUT2D eigenvalue weighted by molar-refractivity contribution is 7.89. The second-order valence-corrected chi connectivity index (χ2v) is 5.87. The number of terminal acetylenes is 1. The first-order valence-corrected chi connectivity index (χ1v) is 7.26. The minimum absolute atomic E-state index is 0.221. The third kappa shape index (κ3) is 3.29. The Morgan fingerprint density at radius 2 is 2.10 bits per heavy atom. The molecule has 3 N–H and O–H groups in total. The van der Waals surface area contributed by atoms with Gasteiger partial charge in [0.25, 0.3) is 0 Å². The maximum Gasteiger partial charge on any atom is 0.339 e. The van der Waals surface area contributed by atoms with Gasteiger partial charge in [-0.2, -0.15) is 4.72 Å². The molecule has 1 aromatic carbocycles. The first-order valence-electron chi connectivity index (χ1n) is 5.78. The molecule has 0 aliphatic heterocycles. The lowest BCUT2D eigenvalue weighted by Crippen LogP contribution is -2.33. The Balaban J connectivity index is 3.36. The quantitative estimate of drug-likeness (QED) is 0.706. The summed E-state index contributed by atoms with van der Waals surface area (Å²) < 4.78 is 26.7. The van der Waals surface area contributed by atoms with E-state index in [0.29, 0.717) is 6.42 Å². The lowest BCUT2D eigenvalue weighted by Gasteiger charge is -2.14. The van der Waals surface area contributed by atoms with Crippen molar-refractivity contribution in [1.82, 2.24) is 4.72 Å². The van der Waals surface area contributed by atoms with Gasteiger partial charge in [0.05, 0.1) is 10.9 Å². The van der Waals surface area contributed by atoms with Crippen molar-refractivity contribution in [2.24, 2.45) is 0 Å². The van der Waals surface area contributed by atoms with Crippen molar-refractivity contribution in [2.75, 3.05) is 0 Å². The molecule has 108 valence electrons. The summed E-state index contributed by atoms with van der Waals surface area (Å²) >= 11 is 0. The van der Waals surface area contributed by atoms with E-state index in [2.05, 4.69) is 10.6 Å². The number of carbonyl (C=O) groups is 1. The summed E-state index contributed by atoms with van der Waals surface area (Å²) in [6.45, 7) is 3.18. The number of nitrogens with one attached hydrogen (secondary N) is 1. The molecule has 0 aromatic heterocycles. The lowest BCUT2D eigenvalue weighted by molar-refractivity contribution is 0.0693. The Bertz CT molecular complexity index is 673. The fraction of sp³-hybridized carbons (Fsp3) is 0.308. The molecule has 20 heavy (non-hydrogen) atoms. The molecule has 1 atom stereocenters. The second kappa shape index (κ2) is 5.94. The van der Waals surface area contributed by atoms with Crippen LogP contribution in [0.2, 0.25) is 0 Å². The third-order valence-corrected chi connectivity index (χ3v) is 4.33. The van der Waals surface area contributed by atoms with Gasteiger partial charge in [-0.3, -0.25) is 0 Å². The van der Waals surface area contributed by atoms with Crippen molar-refractivity contribution < 1.29 is 23.4 Å². The van der Waals surface area contributed by atoms with E-state index in [0.717, 1.165) is 12.1 Å². The zero-order chi connectivity index (χ0) is 15.5. The lowest BCUT2D eigenvalue weighted by atomic mass is 10.1. The number of aryl methyl sites for hydroxylation is 1. The van der Waals surface area contributed by atoms with E-state index < -0.39 is 33.3 Å². The van der Waals surface area contributed by atoms with E-state index in [1.807, 2.05) is 0 Å². The minimum Gasteiger partial charge on any atom is -0.507 e. The number of benzene rings is 1. The Kier molecular flexibility index (Phi) is 4.76. The van der Waals surface area contributed by atoms with Gasteiger partial charge in [0.15, 0.2) is 0 Å². The van der Waals surface area contributed by atoms with Crippen LogP contribution in [0.5, 0.6) is 5.75 Å². The Morgan fingerprint density at radius 3 is 2.55 bits per heavy atom. The third-order valence-electron chi connectivity index (χ3n) is 2.72. The van der Waals surface area contributed by atoms with Gasteiger partial charge in [-0.25, -0.2) is 13.2 Å². The van der Waals surface area contributed by atoms with Gasteiger partial charge in [0, 0.05) is 0 Å². The molecule has 7 heteroatoms. The van der Waals surface area contributed by atoms with Crippen LogP contribution in [-0.2, 0) is 10.0 Å². The normalized spacial score (nSPS) is 12.7. The van der Waals surface area contributed by atoms with Crippen molar-refractivity contribution in [3.8, 4) is 18.1 Å².